The van der Waals surface area contributed by atoms with Crippen LogP contribution in [0.5, 0.6) is 0 Å². The summed E-state index contributed by atoms with van der Waals surface area (Å²) < 4.78 is 0. The maximum absolute atomic E-state index is 2.24. The molecule has 0 N–H and O–H groups in total. The molecule has 0 unspecified atom stereocenters. The van der Waals surface area contributed by atoms with E-state index in [0.717, 1.165) is 0 Å². The third-order valence-corrected chi connectivity index (χ3v) is 22.4. The Kier molecular flexibility index (Phi) is 49.2. The fourth-order valence-corrected chi connectivity index (χ4v) is 16.4. The van der Waals surface area contributed by atoms with E-state index in [2.05, 4.69) is 479 Å². The van der Waals surface area contributed by atoms with Gasteiger partial charge in [0.05, 0.1) is 0 Å². The van der Waals surface area contributed by atoms with Gasteiger partial charge in [-0.05, 0) is 181 Å². The molecule has 0 heterocycles. The van der Waals surface area contributed by atoms with E-state index >= 15 is 0 Å². The molecular weight excluding hydrogens is 1670 g/mol. The van der Waals surface area contributed by atoms with Gasteiger partial charge in [0.25, 0.3) is 0 Å². The number of fused-ring (bicyclic) bond motifs is 12. The first-order valence-electron chi connectivity index (χ1n) is 50.6. The van der Waals surface area contributed by atoms with Crippen molar-refractivity contribution < 1.29 is 0 Å². The van der Waals surface area contributed by atoms with E-state index in [1.807, 2.05) is 185 Å². The Morgan fingerprint density at radius 2 is 0.281 bits per heavy atom. The lowest BCUT2D eigenvalue weighted by atomic mass is 9.76. The lowest BCUT2D eigenvalue weighted by Gasteiger charge is -2.27. The first kappa shape index (κ1) is 109. The molecule has 0 nitrogen and oxygen atoms in total. The summed E-state index contributed by atoms with van der Waals surface area (Å²) in [6.07, 6.45) is 19.6. The number of allylic oxidation sites excluding steroid dienone is 12. The van der Waals surface area contributed by atoms with Crippen LogP contribution in [-0.2, 0) is 0 Å². The second-order valence-corrected chi connectivity index (χ2v) is 30.0. The Balaban J connectivity index is 0.000000189. The van der Waals surface area contributed by atoms with E-state index in [0.29, 0.717) is 5.92 Å². The van der Waals surface area contributed by atoms with Crippen LogP contribution in [0.3, 0.4) is 0 Å². The number of benzene rings is 22. The minimum atomic E-state index is 0.514. The van der Waals surface area contributed by atoms with Gasteiger partial charge in [0.2, 0.25) is 0 Å². The van der Waals surface area contributed by atoms with Crippen LogP contribution in [0.2, 0.25) is 0 Å². The summed E-state index contributed by atoms with van der Waals surface area (Å²) in [5.41, 5.74) is 11.8. The summed E-state index contributed by atoms with van der Waals surface area (Å²) in [6.45, 7) is 36.0. The van der Waals surface area contributed by atoms with Gasteiger partial charge in [-0.15, -0.1) is 0 Å². The highest BCUT2D eigenvalue weighted by molar-refractivity contribution is 6.26. The van der Waals surface area contributed by atoms with Crippen molar-refractivity contribution in [1.29, 1.82) is 0 Å². The number of hydrogen-bond donors (Lipinski definition) is 0. The third-order valence-electron chi connectivity index (χ3n) is 22.4. The molecule has 0 aromatic heterocycles. The van der Waals surface area contributed by atoms with E-state index in [1.165, 1.54) is 169 Å². The van der Waals surface area contributed by atoms with Crippen LogP contribution in [-0.4, -0.2) is 0 Å². The summed E-state index contributed by atoms with van der Waals surface area (Å²) in [5.74, 6) is 0.514. The molecule has 700 valence electrons. The highest BCUT2D eigenvalue weighted by Gasteiger charge is 2.24. The molecule has 0 radical (unpaired) electrons. The summed E-state index contributed by atoms with van der Waals surface area (Å²) >= 11 is 0. The van der Waals surface area contributed by atoms with Crippen molar-refractivity contribution in [2.45, 2.75) is 125 Å². The molecule has 0 saturated heterocycles. The standard InChI is InChI=1S/C18H12.C18H14.C16H10.2C14H10.C13H10.C12H10.C10H8.C6H6.9C2H6/c1-2-8-14-13(7-1)15-9-3-4-11-17(15)18-12-6-5-10-16(14)18;1-3-7-15(8-4-1)17-11-13-18(14-12-17)16-9-5-2-6-10-16;1-3-11-7-9-13-5-2-6-14-10-8-12(4-1)15(11)16(13)14;1-3-7-13-11(5-1)9-10-12-6-2-4-8-14(12)13;1-2-6-12-10-14-8-4-3-7-13(14)9-11(12)5-1;1-4-10-6-2-8-12-9-3-7-11(5-1)13(10)12;1-3-7-11(8-4-1)12-9-5-2-6-10-12;1-2-6-10-8-4-3-7-9(10)5-1;1-2-4-6-5-3-1;9*1-2/h1-12H;1-14H;1-10H;2*1-10H;1-9,13H;1-10H;1-8H;1-6H;9*1-2H3. The largest absolute Gasteiger partial charge is 0.0683 e. The molecule has 139 heavy (non-hydrogen) atoms. The molecule has 0 spiro atoms. The van der Waals surface area contributed by atoms with Gasteiger partial charge < -0.3 is 0 Å². The first-order chi connectivity index (χ1) is 69.1. The molecule has 0 bridgehead atoms. The number of hydrogen-bond acceptors (Lipinski definition) is 0. The van der Waals surface area contributed by atoms with Gasteiger partial charge >= 0.3 is 0 Å². The van der Waals surface area contributed by atoms with Gasteiger partial charge in [0, 0.05) is 5.92 Å². The molecule has 0 saturated carbocycles. The number of rotatable bonds is 3. The van der Waals surface area contributed by atoms with Crippen LogP contribution in [0.15, 0.2) is 557 Å². The van der Waals surface area contributed by atoms with Crippen LogP contribution in [0.25, 0.3) is 152 Å². The minimum absolute atomic E-state index is 0.514. The van der Waals surface area contributed by atoms with Crippen LogP contribution >= 0.6 is 0 Å². The van der Waals surface area contributed by atoms with Crippen molar-refractivity contribution in [3.63, 3.8) is 0 Å². The summed E-state index contributed by atoms with van der Waals surface area (Å²) in [5, 5.41) is 29.3. The Labute approximate surface area is 833 Å². The first-order valence-corrected chi connectivity index (χ1v) is 50.6. The molecule has 22 aromatic rings. The van der Waals surface area contributed by atoms with Gasteiger partial charge in [-0.25, -0.2) is 0 Å². The van der Waals surface area contributed by atoms with Crippen molar-refractivity contribution >= 4 is 118 Å². The van der Waals surface area contributed by atoms with E-state index in [1.54, 1.807) is 0 Å². The lowest BCUT2D eigenvalue weighted by molar-refractivity contribution is 0.878. The Bertz CT molecular complexity index is 6620. The van der Waals surface area contributed by atoms with E-state index in [-0.39, 0.29) is 0 Å². The van der Waals surface area contributed by atoms with Crippen molar-refractivity contribution in [3.8, 4) is 33.4 Å². The van der Waals surface area contributed by atoms with Crippen LogP contribution in [0.1, 0.15) is 125 Å². The lowest BCUT2D eigenvalue weighted by Crippen LogP contribution is -2.13. The molecule has 3 aliphatic carbocycles. The summed E-state index contributed by atoms with van der Waals surface area (Å²) in [4.78, 5) is 0. The zero-order valence-corrected chi connectivity index (χ0v) is 85.5. The summed E-state index contributed by atoms with van der Waals surface area (Å²) in [7, 11) is 0. The predicted molar refractivity (Wildman–Crippen MR) is 629 cm³/mol. The molecule has 0 atom stereocenters. The average Bonchev–Trinajstić information content (AvgIpc) is 0.752. The molecular formula is C139H144. The SMILES string of the molecule is C1=CC2=CC=CC3=CC=CC(=C1)C23.CC.CC.CC.CC.CC.CC.CC.CC.CC.c1cc2ccc3cccc4ccc(c1)c2c34.c1ccc(-c2ccc(-c3ccccc3)cc2)cc1.c1ccc(-c2ccccc2)cc1.c1ccc2c(c1)c1ccccc1c1ccccc21.c1ccc2c(c1)ccc1ccccc12.c1ccc2cc3ccccc3cc2c1.c1ccc2ccccc2c1.c1ccccc1. The molecule has 25 rings (SSSR count). The fraction of sp³-hybridized carbons (Fsp3) is 0.137. The van der Waals surface area contributed by atoms with Crippen molar-refractivity contribution in [2.75, 3.05) is 0 Å². The van der Waals surface area contributed by atoms with Gasteiger partial charge in [0.15, 0.2) is 0 Å². The van der Waals surface area contributed by atoms with Gasteiger partial charge in [0.1, 0.15) is 0 Å². The third kappa shape index (κ3) is 30.7. The van der Waals surface area contributed by atoms with E-state index in [4.69, 9.17) is 0 Å². The zero-order chi connectivity index (χ0) is 99.4. The van der Waals surface area contributed by atoms with E-state index < -0.39 is 0 Å². The summed E-state index contributed by atoms with van der Waals surface area (Å²) in [6, 6.07) is 170. The van der Waals surface area contributed by atoms with Crippen LogP contribution < -0.4 is 0 Å². The van der Waals surface area contributed by atoms with Gasteiger partial charge in [-0.2, -0.15) is 0 Å². The fourth-order valence-electron chi connectivity index (χ4n) is 16.4. The zero-order valence-electron chi connectivity index (χ0n) is 85.5. The second kappa shape index (κ2) is 62.9. The van der Waals surface area contributed by atoms with Gasteiger partial charge in [-0.3, -0.25) is 0 Å². The van der Waals surface area contributed by atoms with Crippen LogP contribution in [0, 0.1) is 5.92 Å². The molecule has 0 aliphatic heterocycles. The quantitative estimate of drug-likeness (QED) is 0.122. The van der Waals surface area contributed by atoms with Crippen molar-refractivity contribution in [2.24, 2.45) is 5.92 Å². The molecule has 0 amide bonds. The molecule has 0 heteroatoms. The minimum Gasteiger partial charge on any atom is -0.0683 e. The Morgan fingerprint density at radius 1 is 0.122 bits per heavy atom. The predicted octanol–water partition coefficient (Wildman–Crippen LogP) is 42.9. The van der Waals surface area contributed by atoms with Crippen LogP contribution in [0.4, 0.5) is 0 Å². The Morgan fingerprint density at radius 3 is 0.504 bits per heavy atom. The van der Waals surface area contributed by atoms with E-state index in [9.17, 15) is 0 Å². The smallest absolute Gasteiger partial charge is 0.0339 e. The second-order valence-electron chi connectivity index (χ2n) is 30.0. The Hall–Kier alpha value is -15.6. The maximum Gasteiger partial charge on any atom is 0.0339 e. The van der Waals surface area contributed by atoms with Crippen molar-refractivity contribution in [3.05, 3.63) is 557 Å². The maximum atomic E-state index is 2.24. The molecule has 0 fully saturated rings. The highest BCUT2D eigenvalue weighted by atomic mass is 14.3. The normalized spacial score (nSPS) is 10.8. The topological polar surface area (TPSA) is 0 Å². The highest BCUT2D eigenvalue weighted by Crippen LogP contribution is 2.40. The average molecular weight is 1810 g/mol. The molecule has 22 aromatic carbocycles. The molecule has 3 aliphatic rings. The van der Waals surface area contributed by atoms with Gasteiger partial charge in [-0.1, -0.05) is 652 Å². The van der Waals surface area contributed by atoms with Crippen molar-refractivity contribution in [1.82, 2.24) is 0 Å². The monoisotopic (exact) mass is 1810 g/mol.